The molecule has 2 aromatic rings. The lowest BCUT2D eigenvalue weighted by molar-refractivity contribution is -0.143. The van der Waals surface area contributed by atoms with Gasteiger partial charge in [-0.3, -0.25) is 9.59 Å². The van der Waals surface area contributed by atoms with Gasteiger partial charge in [-0.2, -0.15) is 0 Å². The Kier molecular flexibility index (Phi) is 6.16. The minimum atomic E-state index is -0.338. The lowest BCUT2D eigenvalue weighted by Gasteiger charge is -2.40. The number of nitrogens with zero attached hydrogens (tertiary/aromatic N) is 2. The van der Waals surface area contributed by atoms with Gasteiger partial charge in [-0.05, 0) is 37.5 Å². The van der Waals surface area contributed by atoms with Crippen molar-refractivity contribution >= 4 is 23.4 Å². The Morgan fingerprint density at radius 3 is 2.85 bits per heavy atom. The van der Waals surface area contributed by atoms with E-state index in [1.54, 1.807) is 11.0 Å². The van der Waals surface area contributed by atoms with Crippen molar-refractivity contribution in [3.63, 3.8) is 0 Å². The predicted octanol–water partition coefficient (Wildman–Crippen LogP) is 3.51. The van der Waals surface area contributed by atoms with Crippen molar-refractivity contribution in [1.29, 1.82) is 0 Å². The van der Waals surface area contributed by atoms with Gasteiger partial charge in [0.1, 0.15) is 0 Å². The summed E-state index contributed by atoms with van der Waals surface area (Å²) in [6.45, 7) is 4.75. The normalized spacial score (nSPS) is 20.0. The molecule has 0 saturated carbocycles. The van der Waals surface area contributed by atoms with Gasteiger partial charge >= 0.3 is 0 Å². The average molecular weight is 390 g/mol. The fourth-order valence-corrected chi connectivity index (χ4v) is 3.81. The van der Waals surface area contributed by atoms with E-state index in [4.69, 9.17) is 16.1 Å². The van der Waals surface area contributed by atoms with Crippen LogP contribution in [0.3, 0.4) is 0 Å². The third-order valence-electron chi connectivity index (χ3n) is 4.98. The lowest BCUT2D eigenvalue weighted by atomic mass is 9.83. The van der Waals surface area contributed by atoms with E-state index in [0.29, 0.717) is 30.2 Å². The summed E-state index contributed by atoms with van der Waals surface area (Å²) in [7, 11) is 0. The molecule has 144 valence electrons. The average Bonchev–Trinajstić information content (AvgIpc) is 3.14. The lowest BCUT2D eigenvalue weighted by Crippen LogP contribution is -2.47. The van der Waals surface area contributed by atoms with Crippen molar-refractivity contribution in [2.24, 2.45) is 5.92 Å². The molecule has 1 N–H and O–H groups in total. The predicted molar refractivity (Wildman–Crippen MR) is 102 cm³/mol. The van der Waals surface area contributed by atoms with Crippen molar-refractivity contribution < 1.29 is 14.1 Å². The fraction of sp³-hybridized carbons (Fsp3) is 0.450. The van der Waals surface area contributed by atoms with E-state index in [-0.39, 0.29) is 30.3 Å². The van der Waals surface area contributed by atoms with Crippen LogP contribution in [0, 0.1) is 5.92 Å². The van der Waals surface area contributed by atoms with Gasteiger partial charge in [-0.25, -0.2) is 0 Å². The van der Waals surface area contributed by atoms with Crippen LogP contribution in [-0.2, 0) is 22.6 Å². The Morgan fingerprint density at radius 1 is 1.37 bits per heavy atom. The second-order valence-electron chi connectivity index (χ2n) is 6.68. The molecular weight excluding hydrogens is 366 g/mol. The molecular formula is C20H24ClN3O3. The van der Waals surface area contributed by atoms with E-state index >= 15 is 0 Å². The van der Waals surface area contributed by atoms with E-state index in [0.717, 1.165) is 17.7 Å². The first-order valence-electron chi connectivity index (χ1n) is 9.30. The molecule has 2 atom stereocenters. The standard InChI is InChI=1S/C20H24ClN3O3/c1-3-15-11-16(27-23-15)12-22-20(26)17-8-9-18(25)24(4-2)19(17)13-6-5-7-14(21)10-13/h5-7,10-11,17,19H,3-4,8-9,12H2,1-2H3,(H,22,26)/t17-,19+/m1/s1. The van der Waals surface area contributed by atoms with Crippen LogP contribution in [0.25, 0.3) is 0 Å². The summed E-state index contributed by atoms with van der Waals surface area (Å²) < 4.78 is 5.23. The Bertz CT molecular complexity index is 820. The molecule has 1 aliphatic heterocycles. The van der Waals surface area contributed by atoms with Crippen LogP contribution in [0.1, 0.15) is 49.7 Å². The van der Waals surface area contributed by atoms with Gasteiger partial charge < -0.3 is 14.7 Å². The van der Waals surface area contributed by atoms with Crippen LogP contribution in [-0.4, -0.2) is 28.4 Å². The number of likely N-dealkylation sites (tertiary alicyclic amines) is 1. The molecule has 0 unspecified atom stereocenters. The van der Waals surface area contributed by atoms with Crippen LogP contribution in [0.4, 0.5) is 0 Å². The molecule has 0 spiro atoms. The second-order valence-corrected chi connectivity index (χ2v) is 7.12. The van der Waals surface area contributed by atoms with Crippen molar-refractivity contribution in [2.75, 3.05) is 6.54 Å². The molecule has 2 amide bonds. The first-order valence-corrected chi connectivity index (χ1v) is 9.68. The number of halogens is 1. The monoisotopic (exact) mass is 389 g/mol. The SMILES string of the molecule is CCc1cc(CNC(=O)[C@@H]2CCC(=O)N(CC)[C@H]2c2cccc(Cl)c2)on1. The van der Waals surface area contributed by atoms with E-state index in [1.807, 2.05) is 38.1 Å². The number of nitrogens with one attached hydrogen (secondary N) is 1. The molecule has 2 heterocycles. The summed E-state index contributed by atoms with van der Waals surface area (Å²) in [5.41, 5.74) is 1.74. The maximum absolute atomic E-state index is 12.9. The van der Waals surface area contributed by atoms with Gasteiger partial charge in [0.2, 0.25) is 11.8 Å². The number of aromatic nitrogens is 1. The highest BCUT2D eigenvalue weighted by Gasteiger charge is 2.39. The third kappa shape index (κ3) is 4.33. The second kappa shape index (κ2) is 8.57. The van der Waals surface area contributed by atoms with Crippen molar-refractivity contribution in [2.45, 2.75) is 45.7 Å². The number of piperidine rings is 1. The molecule has 3 rings (SSSR count). The zero-order chi connectivity index (χ0) is 19.4. The molecule has 1 aliphatic rings. The van der Waals surface area contributed by atoms with Crippen LogP contribution >= 0.6 is 11.6 Å². The smallest absolute Gasteiger partial charge is 0.225 e. The summed E-state index contributed by atoms with van der Waals surface area (Å²) >= 11 is 6.15. The number of hydrogen-bond donors (Lipinski definition) is 1. The molecule has 0 aliphatic carbocycles. The van der Waals surface area contributed by atoms with Crippen LogP contribution in [0.15, 0.2) is 34.9 Å². The zero-order valence-electron chi connectivity index (χ0n) is 15.6. The summed E-state index contributed by atoms with van der Waals surface area (Å²) in [5.74, 6) is 0.253. The third-order valence-corrected chi connectivity index (χ3v) is 5.22. The number of hydrogen-bond acceptors (Lipinski definition) is 4. The van der Waals surface area contributed by atoms with Gasteiger partial charge in [-0.15, -0.1) is 0 Å². The maximum atomic E-state index is 12.9. The first kappa shape index (κ1) is 19.4. The number of amides is 2. The number of benzene rings is 1. The molecule has 0 radical (unpaired) electrons. The molecule has 1 aromatic heterocycles. The highest BCUT2D eigenvalue weighted by molar-refractivity contribution is 6.30. The van der Waals surface area contributed by atoms with Crippen molar-refractivity contribution in [3.8, 4) is 0 Å². The maximum Gasteiger partial charge on any atom is 0.225 e. The molecule has 27 heavy (non-hydrogen) atoms. The molecule has 6 nitrogen and oxygen atoms in total. The first-order chi connectivity index (χ1) is 13.0. The topological polar surface area (TPSA) is 75.4 Å². The number of aryl methyl sites for hydroxylation is 1. The quantitative estimate of drug-likeness (QED) is 0.820. The summed E-state index contributed by atoms with van der Waals surface area (Å²) in [6, 6.07) is 8.91. The zero-order valence-corrected chi connectivity index (χ0v) is 16.3. The van der Waals surface area contributed by atoms with Gasteiger partial charge in [-0.1, -0.05) is 35.8 Å². The molecule has 0 bridgehead atoms. The van der Waals surface area contributed by atoms with E-state index in [9.17, 15) is 9.59 Å². The molecule has 7 heteroatoms. The Hall–Kier alpha value is -2.34. The minimum absolute atomic E-state index is 0.0642. The molecule has 1 saturated heterocycles. The van der Waals surface area contributed by atoms with Crippen molar-refractivity contribution in [1.82, 2.24) is 15.4 Å². The van der Waals surface area contributed by atoms with Gasteiger partial charge in [0.15, 0.2) is 5.76 Å². The summed E-state index contributed by atoms with van der Waals surface area (Å²) in [5, 5.41) is 7.47. The highest BCUT2D eigenvalue weighted by Crippen LogP contribution is 2.37. The Balaban J connectivity index is 1.79. The number of rotatable bonds is 6. The largest absolute Gasteiger partial charge is 0.359 e. The molecule has 1 aromatic carbocycles. The van der Waals surface area contributed by atoms with Crippen LogP contribution in [0.5, 0.6) is 0 Å². The van der Waals surface area contributed by atoms with E-state index < -0.39 is 0 Å². The number of carbonyl (C=O) groups is 2. The van der Waals surface area contributed by atoms with E-state index in [1.165, 1.54) is 0 Å². The van der Waals surface area contributed by atoms with Crippen LogP contribution in [0.2, 0.25) is 5.02 Å². The Labute approximate surface area is 163 Å². The van der Waals surface area contributed by atoms with Gasteiger partial charge in [0, 0.05) is 24.1 Å². The fourth-order valence-electron chi connectivity index (χ4n) is 3.61. The van der Waals surface area contributed by atoms with E-state index in [2.05, 4.69) is 10.5 Å². The summed E-state index contributed by atoms with van der Waals surface area (Å²) in [6.07, 6.45) is 1.66. The van der Waals surface area contributed by atoms with Crippen molar-refractivity contribution in [3.05, 3.63) is 52.4 Å². The highest BCUT2D eigenvalue weighted by atomic mass is 35.5. The van der Waals surface area contributed by atoms with Gasteiger partial charge in [0.25, 0.3) is 0 Å². The van der Waals surface area contributed by atoms with Crippen LogP contribution < -0.4 is 5.32 Å². The summed E-state index contributed by atoms with van der Waals surface area (Å²) in [4.78, 5) is 27.1. The van der Waals surface area contributed by atoms with Gasteiger partial charge in [0.05, 0.1) is 24.2 Å². The minimum Gasteiger partial charge on any atom is -0.359 e. The Morgan fingerprint density at radius 2 is 2.19 bits per heavy atom. The number of carbonyl (C=O) groups excluding carboxylic acids is 2. The molecule has 1 fully saturated rings.